The molecule has 0 N–H and O–H groups in total. The highest BCUT2D eigenvalue weighted by molar-refractivity contribution is 5.53. The average molecular weight is 353 g/mol. The lowest BCUT2D eigenvalue weighted by Crippen LogP contribution is -3.00. The molecule has 0 aliphatic rings. The summed E-state index contributed by atoms with van der Waals surface area (Å²) >= 11 is 0. The number of halogens is 2. The van der Waals surface area contributed by atoms with Gasteiger partial charge in [-0.2, -0.15) is 0 Å². The van der Waals surface area contributed by atoms with Crippen LogP contribution in [0.5, 0.6) is 0 Å². The monoisotopic (exact) mass is 352 g/mol. The van der Waals surface area contributed by atoms with Crippen LogP contribution in [-0.2, 0) is 0 Å². The Morgan fingerprint density at radius 2 is 1.36 bits per heavy atom. The summed E-state index contributed by atoms with van der Waals surface area (Å²) < 4.78 is 13.2. The van der Waals surface area contributed by atoms with E-state index in [9.17, 15) is 4.39 Å². The predicted molar refractivity (Wildman–Crippen MR) is 88.3 cm³/mol. The molecule has 4 rings (SSSR count). The van der Waals surface area contributed by atoms with Gasteiger partial charge in [-0.1, -0.05) is 36.4 Å². The summed E-state index contributed by atoms with van der Waals surface area (Å²) in [6.07, 6.45) is 0. The molecule has 0 bridgehead atoms. The Labute approximate surface area is 150 Å². The molecule has 0 spiro atoms. The SMILES string of the molecule is Fc1ccc(-c2nn(-c3ccccc3)[n+](-c3ccccc3)n2)cc1.[Cl-]. The summed E-state index contributed by atoms with van der Waals surface area (Å²) in [6.45, 7) is 0. The van der Waals surface area contributed by atoms with E-state index in [4.69, 9.17) is 0 Å². The van der Waals surface area contributed by atoms with E-state index in [1.165, 1.54) is 12.1 Å². The van der Waals surface area contributed by atoms with Crippen LogP contribution in [0.1, 0.15) is 0 Å². The van der Waals surface area contributed by atoms with Crippen molar-refractivity contribution in [3.63, 3.8) is 0 Å². The Balaban J connectivity index is 0.00000182. The lowest BCUT2D eigenvalue weighted by atomic mass is 10.2. The van der Waals surface area contributed by atoms with Gasteiger partial charge in [-0.3, -0.25) is 0 Å². The van der Waals surface area contributed by atoms with Crippen LogP contribution < -0.4 is 17.2 Å². The smallest absolute Gasteiger partial charge is 0.340 e. The van der Waals surface area contributed by atoms with Gasteiger partial charge in [-0.15, -0.1) is 0 Å². The number of hydrogen-bond acceptors (Lipinski definition) is 2. The molecule has 4 nitrogen and oxygen atoms in total. The fourth-order valence-electron chi connectivity index (χ4n) is 2.46. The van der Waals surface area contributed by atoms with E-state index in [1.807, 2.05) is 60.7 Å². The standard InChI is InChI=1S/C19H14FN4.ClH/c20-16-13-11-15(12-14-16)19-21-23(17-7-3-1-4-8-17)24(22-19)18-9-5-2-6-10-18;/h1-14H;1H/q+1;/p-1. The maximum Gasteiger partial charge on any atom is 0.340 e. The van der Waals surface area contributed by atoms with Crippen LogP contribution in [-0.4, -0.2) is 15.0 Å². The highest BCUT2D eigenvalue weighted by Gasteiger charge is 2.22. The molecule has 25 heavy (non-hydrogen) atoms. The Morgan fingerprint density at radius 3 is 2.00 bits per heavy atom. The quantitative estimate of drug-likeness (QED) is 0.499. The third kappa shape index (κ3) is 3.41. The fraction of sp³-hybridized carbons (Fsp3) is 0. The Kier molecular flexibility index (Phi) is 4.86. The summed E-state index contributed by atoms with van der Waals surface area (Å²) in [5, 5.41) is 9.21. The number of benzene rings is 3. The Bertz CT molecular complexity index is 897. The summed E-state index contributed by atoms with van der Waals surface area (Å²) in [4.78, 5) is 3.46. The molecule has 0 aliphatic heterocycles. The third-order valence-electron chi connectivity index (χ3n) is 3.64. The fourth-order valence-corrected chi connectivity index (χ4v) is 2.46. The second-order valence-corrected chi connectivity index (χ2v) is 5.28. The van der Waals surface area contributed by atoms with Gasteiger partial charge in [0.15, 0.2) is 5.69 Å². The van der Waals surface area contributed by atoms with Crippen LogP contribution >= 0.6 is 0 Å². The third-order valence-corrected chi connectivity index (χ3v) is 3.64. The van der Waals surface area contributed by atoms with Crippen molar-refractivity contribution >= 4 is 0 Å². The van der Waals surface area contributed by atoms with Gasteiger partial charge in [-0.25, -0.2) is 4.39 Å². The topological polar surface area (TPSA) is 34.6 Å². The molecule has 1 aromatic heterocycles. The zero-order valence-electron chi connectivity index (χ0n) is 13.1. The van der Waals surface area contributed by atoms with E-state index >= 15 is 0 Å². The van der Waals surface area contributed by atoms with E-state index in [2.05, 4.69) is 10.2 Å². The molecule has 0 radical (unpaired) electrons. The number of tetrazole rings is 1. The van der Waals surface area contributed by atoms with Crippen molar-refractivity contribution in [2.45, 2.75) is 0 Å². The molecule has 0 atom stereocenters. The van der Waals surface area contributed by atoms with Gasteiger partial charge in [-0.05, 0) is 58.4 Å². The zero-order chi connectivity index (χ0) is 16.4. The van der Waals surface area contributed by atoms with Crippen LogP contribution in [0.3, 0.4) is 0 Å². The van der Waals surface area contributed by atoms with Crippen molar-refractivity contribution in [3.05, 3.63) is 90.7 Å². The molecule has 0 aliphatic carbocycles. The summed E-state index contributed by atoms with van der Waals surface area (Å²) in [6, 6.07) is 25.7. The number of aromatic nitrogens is 4. The maximum absolute atomic E-state index is 13.2. The molecule has 124 valence electrons. The van der Waals surface area contributed by atoms with Crippen LogP contribution in [0.25, 0.3) is 22.8 Å². The van der Waals surface area contributed by atoms with Crippen LogP contribution in [0.4, 0.5) is 4.39 Å². The highest BCUT2D eigenvalue weighted by atomic mass is 35.5. The highest BCUT2D eigenvalue weighted by Crippen LogP contribution is 2.15. The van der Waals surface area contributed by atoms with Crippen molar-refractivity contribution in [1.82, 2.24) is 15.0 Å². The first-order valence-electron chi connectivity index (χ1n) is 7.58. The van der Waals surface area contributed by atoms with Crippen molar-refractivity contribution < 1.29 is 21.6 Å². The second kappa shape index (κ2) is 7.23. The van der Waals surface area contributed by atoms with Gasteiger partial charge in [0.25, 0.3) is 0 Å². The minimum absolute atomic E-state index is 0. The van der Waals surface area contributed by atoms with Crippen LogP contribution in [0.2, 0.25) is 0 Å². The molecule has 0 saturated carbocycles. The van der Waals surface area contributed by atoms with Crippen LogP contribution in [0, 0.1) is 5.82 Å². The second-order valence-electron chi connectivity index (χ2n) is 5.28. The molecule has 6 heteroatoms. The van der Waals surface area contributed by atoms with Crippen molar-refractivity contribution in [2.75, 3.05) is 0 Å². The number of rotatable bonds is 3. The van der Waals surface area contributed by atoms with Gasteiger partial charge >= 0.3 is 5.82 Å². The first kappa shape index (κ1) is 16.8. The van der Waals surface area contributed by atoms with Gasteiger partial charge in [0.05, 0.1) is 10.7 Å². The molecule has 4 aromatic rings. The average Bonchev–Trinajstić information content (AvgIpc) is 3.09. The van der Waals surface area contributed by atoms with E-state index in [0.29, 0.717) is 5.82 Å². The minimum atomic E-state index is -0.280. The molecule has 1 heterocycles. The van der Waals surface area contributed by atoms with Crippen LogP contribution in [0.15, 0.2) is 84.9 Å². The number of hydrogen-bond donors (Lipinski definition) is 0. The van der Waals surface area contributed by atoms with Gasteiger partial charge < -0.3 is 12.4 Å². The zero-order valence-corrected chi connectivity index (χ0v) is 13.9. The molecular formula is C19H14ClFN4. The summed E-state index contributed by atoms with van der Waals surface area (Å²) in [5.74, 6) is 0.250. The molecular weight excluding hydrogens is 339 g/mol. The first-order chi connectivity index (χ1) is 11.8. The van der Waals surface area contributed by atoms with Gasteiger partial charge in [0, 0.05) is 4.80 Å². The van der Waals surface area contributed by atoms with Crippen molar-refractivity contribution in [3.8, 4) is 22.8 Å². The van der Waals surface area contributed by atoms with Gasteiger partial charge in [0.1, 0.15) is 11.5 Å². The van der Waals surface area contributed by atoms with E-state index < -0.39 is 0 Å². The van der Waals surface area contributed by atoms with Crippen molar-refractivity contribution in [1.29, 1.82) is 0 Å². The lowest BCUT2D eigenvalue weighted by Gasteiger charge is -1.98. The Hall–Kier alpha value is -3.05. The largest absolute Gasteiger partial charge is 1.00 e. The van der Waals surface area contributed by atoms with E-state index in [0.717, 1.165) is 16.9 Å². The molecule has 0 unspecified atom stereocenters. The minimum Gasteiger partial charge on any atom is -1.00 e. The number of nitrogens with zero attached hydrogens (tertiary/aromatic N) is 4. The molecule has 3 aromatic carbocycles. The van der Waals surface area contributed by atoms with E-state index in [-0.39, 0.29) is 18.2 Å². The van der Waals surface area contributed by atoms with Crippen molar-refractivity contribution in [2.24, 2.45) is 0 Å². The summed E-state index contributed by atoms with van der Waals surface area (Å²) in [7, 11) is 0. The lowest BCUT2D eigenvalue weighted by molar-refractivity contribution is -0.734. The number of para-hydroxylation sites is 2. The van der Waals surface area contributed by atoms with Gasteiger partial charge in [0.2, 0.25) is 0 Å². The van der Waals surface area contributed by atoms with E-state index in [1.54, 1.807) is 21.7 Å². The first-order valence-corrected chi connectivity index (χ1v) is 7.58. The summed E-state index contributed by atoms with van der Waals surface area (Å²) in [5.41, 5.74) is 2.54. The molecule has 0 fully saturated rings. The molecule has 0 saturated heterocycles. The predicted octanol–water partition coefficient (Wildman–Crippen LogP) is 0.354. The maximum atomic E-state index is 13.2. The molecule has 0 amide bonds. The Morgan fingerprint density at radius 1 is 0.760 bits per heavy atom. The normalized spacial score (nSPS) is 10.3.